The highest BCUT2D eigenvalue weighted by Gasteiger charge is 2.42. The van der Waals surface area contributed by atoms with Gasteiger partial charge in [-0.3, -0.25) is 0 Å². The molecular weight excluding hydrogens is 191 g/mol. The third-order valence-electron chi connectivity index (χ3n) is 2.82. The van der Waals surface area contributed by atoms with Gasteiger partial charge in [0.25, 0.3) is 0 Å². The first kappa shape index (κ1) is 9.97. The number of anilines is 1. The van der Waals surface area contributed by atoms with Gasteiger partial charge in [0.2, 0.25) is 0 Å². The molecule has 3 heteroatoms. The molecule has 0 saturated heterocycles. The van der Waals surface area contributed by atoms with Crippen LogP contribution >= 0.6 is 0 Å². The molecule has 0 aliphatic heterocycles. The molecule has 78 valence electrons. The van der Waals surface area contributed by atoms with E-state index in [9.17, 15) is 4.39 Å². The summed E-state index contributed by atoms with van der Waals surface area (Å²) in [6.45, 7) is 2.11. The zero-order valence-corrected chi connectivity index (χ0v) is 8.63. The average molecular weight is 204 g/mol. The number of nitrogens with one attached hydrogen (secondary N) is 1. The van der Waals surface area contributed by atoms with E-state index in [1.807, 2.05) is 0 Å². The first-order valence-corrected chi connectivity index (χ1v) is 5.08. The van der Waals surface area contributed by atoms with E-state index in [2.05, 4.69) is 18.3 Å². The quantitative estimate of drug-likeness (QED) is 0.804. The second-order valence-corrected chi connectivity index (χ2v) is 4.34. The Labute approximate surface area is 88.7 Å². The summed E-state index contributed by atoms with van der Waals surface area (Å²) in [7, 11) is 0. The normalized spacial score (nSPS) is 29.0. The van der Waals surface area contributed by atoms with Gasteiger partial charge in [0.05, 0.1) is 6.07 Å². The van der Waals surface area contributed by atoms with Gasteiger partial charge in [-0.2, -0.15) is 5.26 Å². The molecule has 0 unspecified atom stereocenters. The maximum absolute atomic E-state index is 12.9. The molecule has 1 saturated carbocycles. The van der Waals surface area contributed by atoms with Crippen LogP contribution in [-0.2, 0) is 0 Å². The van der Waals surface area contributed by atoms with Crippen LogP contribution in [0.1, 0.15) is 19.8 Å². The minimum atomic E-state index is -0.479. The fraction of sp³-hybridized carbons (Fsp3) is 0.417. The van der Waals surface area contributed by atoms with Crippen LogP contribution in [0.4, 0.5) is 10.1 Å². The minimum absolute atomic E-state index is 0.277. The van der Waals surface area contributed by atoms with Crippen LogP contribution in [0.3, 0.4) is 0 Å². The molecule has 2 nitrogen and oxygen atoms in total. The van der Waals surface area contributed by atoms with Gasteiger partial charge in [-0.15, -0.1) is 0 Å². The third-order valence-corrected chi connectivity index (χ3v) is 2.82. The Morgan fingerprint density at radius 1 is 1.53 bits per heavy atom. The predicted octanol–water partition coefficient (Wildman–Crippen LogP) is 2.93. The molecule has 0 bridgehead atoms. The standard InChI is InChI=1S/C12H13FN2/c1-9-6-12(7-9,8-14)15-11-4-2-3-10(13)5-11/h2-5,9,15H,6-7H2,1H3. The summed E-state index contributed by atoms with van der Waals surface area (Å²) in [5.41, 5.74) is 0.205. The van der Waals surface area contributed by atoms with Gasteiger partial charge in [-0.25, -0.2) is 4.39 Å². The Morgan fingerprint density at radius 3 is 2.80 bits per heavy atom. The molecule has 0 heterocycles. The topological polar surface area (TPSA) is 35.8 Å². The number of hydrogen-bond donors (Lipinski definition) is 1. The van der Waals surface area contributed by atoms with E-state index in [0.29, 0.717) is 11.6 Å². The number of halogens is 1. The lowest BCUT2D eigenvalue weighted by molar-refractivity contribution is 0.243. The van der Waals surface area contributed by atoms with Crippen LogP contribution in [0.5, 0.6) is 0 Å². The SMILES string of the molecule is CC1CC(C#N)(Nc2cccc(F)c2)C1. The lowest BCUT2D eigenvalue weighted by Crippen LogP contribution is -2.48. The molecule has 1 aromatic rings. The molecule has 0 spiro atoms. The Hall–Kier alpha value is -1.56. The van der Waals surface area contributed by atoms with E-state index >= 15 is 0 Å². The van der Waals surface area contributed by atoms with Crippen LogP contribution in [0.25, 0.3) is 0 Å². The van der Waals surface area contributed by atoms with Gasteiger partial charge in [0.1, 0.15) is 11.4 Å². The highest BCUT2D eigenvalue weighted by Crippen LogP contribution is 2.39. The van der Waals surface area contributed by atoms with Crippen molar-refractivity contribution in [1.82, 2.24) is 0 Å². The third kappa shape index (κ3) is 1.94. The van der Waals surface area contributed by atoms with E-state index in [1.165, 1.54) is 12.1 Å². The average Bonchev–Trinajstić information content (AvgIpc) is 2.15. The van der Waals surface area contributed by atoms with Crippen LogP contribution in [0.2, 0.25) is 0 Å². The van der Waals surface area contributed by atoms with E-state index in [1.54, 1.807) is 12.1 Å². The Bertz CT molecular complexity index is 402. The number of hydrogen-bond acceptors (Lipinski definition) is 2. The second kappa shape index (κ2) is 3.54. The first-order valence-electron chi connectivity index (χ1n) is 5.08. The van der Waals surface area contributed by atoms with Crippen molar-refractivity contribution in [2.45, 2.75) is 25.3 Å². The van der Waals surface area contributed by atoms with Gasteiger partial charge in [0.15, 0.2) is 0 Å². The fourth-order valence-corrected chi connectivity index (χ4v) is 2.19. The number of nitrogens with zero attached hydrogens (tertiary/aromatic N) is 1. The lowest BCUT2D eigenvalue weighted by atomic mass is 9.70. The van der Waals surface area contributed by atoms with Gasteiger partial charge in [-0.1, -0.05) is 13.0 Å². The predicted molar refractivity (Wildman–Crippen MR) is 56.8 cm³/mol. The summed E-state index contributed by atoms with van der Waals surface area (Å²) in [5, 5.41) is 12.2. The van der Waals surface area contributed by atoms with E-state index < -0.39 is 5.54 Å². The molecule has 0 aromatic heterocycles. The van der Waals surface area contributed by atoms with Crippen molar-refractivity contribution in [2.75, 3.05) is 5.32 Å². The zero-order chi connectivity index (χ0) is 10.9. The Kier molecular flexibility index (Phi) is 2.36. The molecule has 1 aliphatic carbocycles. The van der Waals surface area contributed by atoms with Crippen molar-refractivity contribution >= 4 is 5.69 Å². The molecular formula is C12H13FN2. The molecule has 1 aromatic carbocycles. The van der Waals surface area contributed by atoms with Crippen molar-refractivity contribution in [3.8, 4) is 6.07 Å². The van der Waals surface area contributed by atoms with Crippen LogP contribution in [-0.4, -0.2) is 5.54 Å². The zero-order valence-electron chi connectivity index (χ0n) is 8.63. The largest absolute Gasteiger partial charge is 0.367 e. The molecule has 0 atom stereocenters. The maximum Gasteiger partial charge on any atom is 0.125 e. The lowest BCUT2D eigenvalue weighted by Gasteiger charge is -2.42. The van der Waals surface area contributed by atoms with Crippen LogP contribution in [0, 0.1) is 23.1 Å². The summed E-state index contributed by atoms with van der Waals surface area (Å²) < 4.78 is 12.9. The van der Waals surface area contributed by atoms with Crippen molar-refractivity contribution in [3.63, 3.8) is 0 Å². The Morgan fingerprint density at radius 2 is 2.27 bits per heavy atom. The van der Waals surface area contributed by atoms with Gasteiger partial charge < -0.3 is 5.32 Å². The summed E-state index contributed by atoms with van der Waals surface area (Å²) in [6.07, 6.45) is 1.67. The monoisotopic (exact) mass is 204 g/mol. The summed E-state index contributed by atoms with van der Waals surface area (Å²) in [5.74, 6) is 0.297. The second-order valence-electron chi connectivity index (χ2n) is 4.34. The van der Waals surface area contributed by atoms with E-state index in [4.69, 9.17) is 5.26 Å². The molecule has 1 aliphatic rings. The Balaban J connectivity index is 2.12. The molecule has 2 rings (SSSR count). The van der Waals surface area contributed by atoms with Crippen molar-refractivity contribution in [1.29, 1.82) is 5.26 Å². The molecule has 0 radical (unpaired) electrons. The summed E-state index contributed by atoms with van der Waals surface area (Å²) in [6, 6.07) is 8.52. The smallest absolute Gasteiger partial charge is 0.125 e. The maximum atomic E-state index is 12.9. The van der Waals surface area contributed by atoms with Gasteiger partial charge in [0, 0.05) is 5.69 Å². The fourth-order valence-electron chi connectivity index (χ4n) is 2.19. The van der Waals surface area contributed by atoms with Crippen molar-refractivity contribution < 1.29 is 4.39 Å². The molecule has 1 N–H and O–H groups in total. The van der Waals surface area contributed by atoms with Crippen LogP contribution < -0.4 is 5.32 Å². The van der Waals surface area contributed by atoms with Crippen molar-refractivity contribution in [2.24, 2.45) is 5.92 Å². The van der Waals surface area contributed by atoms with Crippen LogP contribution in [0.15, 0.2) is 24.3 Å². The van der Waals surface area contributed by atoms with Crippen molar-refractivity contribution in [3.05, 3.63) is 30.1 Å². The van der Waals surface area contributed by atoms with E-state index in [-0.39, 0.29) is 5.82 Å². The van der Waals surface area contributed by atoms with E-state index in [0.717, 1.165) is 12.8 Å². The molecule has 15 heavy (non-hydrogen) atoms. The number of benzene rings is 1. The first-order chi connectivity index (χ1) is 7.13. The highest BCUT2D eigenvalue weighted by molar-refractivity contribution is 5.49. The molecule has 0 amide bonds. The van der Waals surface area contributed by atoms with Gasteiger partial charge >= 0.3 is 0 Å². The summed E-state index contributed by atoms with van der Waals surface area (Å²) in [4.78, 5) is 0. The summed E-state index contributed by atoms with van der Waals surface area (Å²) >= 11 is 0. The number of rotatable bonds is 2. The minimum Gasteiger partial charge on any atom is -0.367 e. The molecule has 1 fully saturated rings. The highest BCUT2D eigenvalue weighted by atomic mass is 19.1. The number of nitriles is 1. The van der Waals surface area contributed by atoms with Gasteiger partial charge in [-0.05, 0) is 37.0 Å².